The summed E-state index contributed by atoms with van der Waals surface area (Å²) in [6.07, 6.45) is 11.3. The van der Waals surface area contributed by atoms with Crippen LogP contribution in [-0.2, 0) is 10.0 Å². The van der Waals surface area contributed by atoms with Crippen LogP contribution in [0, 0.1) is 0 Å². The van der Waals surface area contributed by atoms with E-state index in [2.05, 4.69) is 25.2 Å². The van der Waals surface area contributed by atoms with Gasteiger partial charge in [-0.25, -0.2) is 13.1 Å². The minimum Gasteiger partial charge on any atom is -0.356 e. The molecule has 0 atom stereocenters. The number of halogens is 1. The van der Waals surface area contributed by atoms with Crippen molar-refractivity contribution in [1.82, 2.24) is 20.3 Å². The minimum absolute atomic E-state index is 0. The summed E-state index contributed by atoms with van der Waals surface area (Å²) in [4.78, 5) is 7.08. The van der Waals surface area contributed by atoms with Crippen LogP contribution in [-0.4, -0.2) is 70.3 Å². The van der Waals surface area contributed by atoms with Gasteiger partial charge in [0.15, 0.2) is 5.96 Å². The van der Waals surface area contributed by atoms with Gasteiger partial charge in [0.1, 0.15) is 0 Å². The maximum Gasteiger partial charge on any atom is 0.211 e. The van der Waals surface area contributed by atoms with Crippen LogP contribution in [0.3, 0.4) is 0 Å². The van der Waals surface area contributed by atoms with E-state index in [0.29, 0.717) is 13.1 Å². The fraction of sp³-hybridized carbons (Fsp3) is 0.947. The predicted molar refractivity (Wildman–Crippen MR) is 128 cm³/mol. The van der Waals surface area contributed by atoms with E-state index in [4.69, 9.17) is 0 Å². The smallest absolute Gasteiger partial charge is 0.211 e. The highest BCUT2D eigenvalue weighted by Crippen LogP contribution is 2.35. The molecule has 28 heavy (non-hydrogen) atoms. The normalized spacial score (nSPS) is 21.0. The zero-order valence-electron chi connectivity index (χ0n) is 17.6. The Kier molecular flexibility index (Phi) is 12.2. The van der Waals surface area contributed by atoms with Crippen molar-refractivity contribution in [3.63, 3.8) is 0 Å². The molecule has 0 spiro atoms. The number of sulfonamides is 1. The molecule has 7 nitrogen and oxygen atoms in total. The number of nitrogens with zero attached hydrogens (tertiary/aromatic N) is 2. The number of aliphatic imine (C=N–C) groups is 1. The third-order valence-corrected chi connectivity index (χ3v) is 7.37. The van der Waals surface area contributed by atoms with E-state index in [-0.39, 0.29) is 35.3 Å². The summed E-state index contributed by atoms with van der Waals surface area (Å²) in [5, 5.41) is 6.87. The molecule has 1 aliphatic heterocycles. The highest BCUT2D eigenvalue weighted by Gasteiger charge is 2.38. The van der Waals surface area contributed by atoms with Crippen LogP contribution in [0.2, 0.25) is 0 Å². The molecule has 9 heteroatoms. The van der Waals surface area contributed by atoms with Gasteiger partial charge in [0.2, 0.25) is 10.0 Å². The first-order valence-electron chi connectivity index (χ1n) is 10.7. The van der Waals surface area contributed by atoms with Gasteiger partial charge in [0, 0.05) is 32.2 Å². The predicted octanol–water partition coefficient (Wildman–Crippen LogP) is 2.29. The molecule has 2 rings (SSSR count). The van der Waals surface area contributed by atoms with E-state index in [1.54, 1.807) is 14.0 Å². The number of guanidine groups is 1. The third-order valence-electron chi connectivity index (χ3n) is 5.97. The van der Waals surface area contributed by atoms with Gasteiger partial charge in [-0.05, 0) is 52.1 Å². The third kappa shape index (κ3) is 8.31. The second-order valence-corrected chi connectivity index (χ2v) is 9.93. The van der Waals surface area contributed by atoms with Crippen molar-refractivity contribution in [2.24, 2.45) is 4.99 Å². The van der Waals surface area contributed by atoms with Crippen molar-refractivity contribution >= 4 is 40.0 Å². The first kappa shape index (κ1) is 25.9. The van der Waals surface area contributed by atoms with Crippen LogP contribution in [0.15, 0.2) is 4.99 Å². The fourth-order valence-electron chi connectivity index (χ4n) is 4.28. The summed E-state index contributed by atoms with van der Waals surface area (Å²) in [6.45, 7) is 6.20. The minimum atomic E-state index is -3.10. The van der Waals surface area contributed by atoms with E-state index in [9.17, 15) is 8.42 Å². The molecule has 1 heterocycles. The van der Waals surface area contributed by atoms with Gasteiger partial charge in [0.05, 0.1) is 5.75 Å². The first-order chi connectivity index (χ1) is 13.0. The molecule has 0 amide bonds. The summed E-state index contributed by atoms with van der Waals surface area (Å²) in [5.41, 5.74) is 0.271. The average molecular weight is 530 g/mol. The summed E-state index contributed by atoms with van der Waals surface area (Å²) in [5.74, 6) is 0.942. The second kappa shape index (κ2) is 13.2. The van der Waals surface area contributed by atoms with Crippen LogP contribution in [0.4, 0.5) is 0 Å². The first-order valence-corrected chi connectivity index (χ1v) is 12.3. The van der Waals surface area contributed by atoms with Crippen LogP contribution in [0.1, 0.15) is 64.7 Å². The lowest BCUT2D eigenvalue weighted by molar-refractivity contribution is 0.0368. The van der Waals surface area contributed by atoms with Gasteiger partial charge in [-0.1, -0.05) is 25.7 Å². The summed E-state index contributed by atoms with van der Waals surface area (Å²) >= 11 is 0. The largest absolute Gasteiger partial charge is 0.356 e. The Balaban J connectivity index is 0.00000392. The summed E-state index contributed by atoms with van der Waals surface area (Å²) in [7, 11) is -1.31. The number of hydrogen-bond donors (Lipinski definition) is 3. The van der Waals surface area contributed by atoms with Gasteiger partial charge < -0.3 is 10.6 Å². The molecule has 0 bridgehead atoms. The van der Waals surface area contributed by atoms with Crippen LogP contribution in [0.25, 0.3) is 0 Å². The quantitative estimate of drug-likeness (QED) is 0.185. The summed E-state index contributed by atoms with van der Waals surface area (Å²) < 4.78 is 25.5. The van der Waals surface area contributed by atoms with Crippen molar-refractivity contribution in [3.05, 3.63) is 0 Å². The number of likely N-dealkylation sites (tertiary alicyclic amines) is 1. The number of rotatable bonds is 9. The molecule has 3 N–H and O–H groups in total. The lowest BCUT2D eigenvalue weighted by Gasteiger charge is -2.48. The molecule has 166 valence electrons. The fourth-order valence-corrected chi connectivity index (χ4v) is 4.94. The van der Waals surface area contributed by atoms with Crippen LogP contribution < -0.4 is 15.4 Å². The van der Waals surface area contributed by atoms with E-state index in [1.165, 1.54) is 64.5 Å². The van der Waals surface area contributed by atoms with Gasteiger partial charge in [-0.2, -0.15) is 0 Å². The second-order valence-electron chi connectivity index (χ2n) is 7.84. The Bertz CT molecular complexity index is 559. The highest BCUT2D eigenvalue weighted by atomic mass is 127. The van der Waals surface area contributed by atoms with E-state index in [0.717, 1.165) is 18.9 Å². The Hall–Kier alpha value is -0.130. The van der Waals surface area contributed by atoms with Gasteiger partial charge in [0.25, 0.3) is 0 Å². The lowest BCUT2D eigenvalue weighted by Crippen LogP contribution is -2.59. The lowest BCUT2D eigenvalue weighted by atomic mass is 9.79. The van der Waals surface area contributed by atoms with Crippen molar-refractivity contribution in [1.29, 1.82) is 0 Å². The molecule has 0 radical (unpaired) electrons. The maximum atomic E-state index is 11.4. The van der Waals surface area contributed by atoms with Crippen molar-refractivity contribution in [3.8, 4) is 0 Å². The molecule has 1 saturated heterocycles. The van der Waals surface area contributed by atoms with E-state index < -0.39 is 10.0 Å². The number of nitrogens with one attached hydrogen (secondary N) is 3. The van der Waals surface area contributed by atoms with Crippen LogP contribution in [0.5, 0.6) is 0 Å². The Morgan fingerprint density at radius 1 is 1.00 bits per heavy atom. The highest BCUT2D eigenvalue weighted by molar-refractivity contribution is 14.0. The van der Waals surface area contributed by atoms with Gasteiger partial charge >= 0.3 is 0 Å². The molecule has 2 fully saturated rings. The maximum absolute atomic E-state index is 11.4. The SMILES string of the molecule is CCS(=O)(=O)NCCCNC(=NC)NCC1(N2CCCCC2)CCCCC1.I. The molecule has 1 aliphatic carbocycles. The topological polar surface area (TPSA) is 85.8 Å². The molecule has 2 aliphatic rings. The Labute approximate surface area is 189 Å². The molecular weight excluding hydrogens is 489 g/mol. The van der Waals surface area contributed by atoms with Gasteiger partial charge in [-0.3, -0.25) is 9.89 Å². The summed E-state index contributed by atoms with van der Waals surface area (Å²) in [6, 6.07) is 0. The molecular formula is C19H40IN5O2S. The van der Waals surface area contributed by atoms with Crippen LogP contribution >= 0.6 is 24.0 Å². The zero-order valence-corrected chi connectivity index (χ0v) is 20.8. The standard InChI is InChI=1S/C19H39N5O2S.HI/c1-3-27(25,26)23-14-10-13-21-18(20-2)22-17-19(11-6-4-7-12-19)24-15-8-5-9-16-24;/h23H,3-17H2,1-2H3,(H2,20,21,22);1H. The molecule has 0 unspecified atom stereocenters. The molecule has 1 saturated carbocycles. The molecule has 0 aromatic carbocycles. The Morgan fingerprint density at radius 3 is 2.25 bits per heavy atom. The van der Waals surface area contributed by atoms with E-state index in [1.807, 2.05) is 0 Å². The molecule has 0 aromatic heterocycles. The average Bonchev–Trinajstić information content (AvgIpc) is 2.71. The zero-order chi connectivity index (χ0) is 19.6. The van der Waals surface area contributed by atoms with Gasteiger partial charge in [-0.15, -0.1) is 24.0 Å². The van der Waals surface area contributed by atoms with E-state index >= 15 is 0 Å². The Morgan fingerprint density at radius 2 is 1.64 bits per heavy atom. The number of hydrogen-bond acceptors (Lipinski definition) is 4. The monoisotopic (exact) mass is 529 g/mol. The van der Waals surface area contributed by atoms with Crippen molar-refractivity contribution in [2.45, 2.75) is 70.3 Å². The molecule has 0 aromatic rings. The van der Waals surface area contributed by atoms with Crippen molar-refractivity contribution in [2.75, 3.05) is 45.5 Å². The van der Waals surface area contributed by atoms with Crippen molar-refractivity contribution < 1.29 is 8.42 Å². The number of piperidine rings is 1.